The van der Waals surface area contributed by atoms with Gasteiger partial charge in [-0.3, -0.25) is 0 Å². The molecule has 4 fully saturated rings. The second-order valence-electron chi connectivity index (χ2n) is 11.3. The van der Waals surface area contributed by atoms with Gasteiger partial charge in [0.1, 0.15) is 0 Å². The van der Waals surface area contributed by atoms with E-state index in [1.54, 1.807) is 0 Å². The van der Waals surface area contributed by atoms with Crippen molar-refractivity contribution in [2.45, 2.75) is 128 Å². The van der Waals surface area contributed by atoms with Crippen LogP contribution in [-0.2, 0) is 0 Å². The molecule has 0 atom stereocenters. The van der Waals surface area contributed by atoms with Crippen molar-refractivity contribution in [1.82, 2.24) is 15.6 Å². The molecule has 3 heteroatoms. The van der Waals surface area contributed by atoms with E-state index >= 15 is 0 Å². The van der Waals surface area contributed by atoms with E-state index in [0.717, 1.165) is 5.92 Å². The molecular formula is C24H45N3. The predicted octanol–water partition coefficient (Wildman–Crippen LogP) is 6.06. The van der Waals surface area contributed by atoms with Gasteiger partial charge in [-0.2, -0.15) is 5.53 Å². The first kappa shape index (κ1) is 20.2. The van der Waals surface area contributed by atoms with Crippen LogP contribution in [0.1, 0.15) is 117 Å². The summed E-state index contributed by atoms with van der Waals surface area (Å²) in [5.74, 6) is 0.816. The van der Waals surface area contributed by atoms with Crippen LogP contribution in [0.15, 0.2) is 0 Å². The van der Waals surface area contributed by atoms with Crippen LogP contribution in [-0.4, -0.2) is 34.2 Å². The van der Waals surface area contributed by atoms with Crippen molar-refractivity contribution < 1.29 is 0 Å². The van der Waals surface area contributed by atoms with Crippen LogP contribution in [0, 0.1) is 11.3 Å². The second kappa shape index (κ2) is 7.95. The molecule has 0 aromatic heterocycles. The van der Waals surface area contributed by atoms with Gasteiger partial charge in [-0.15, -0.1) is 0 Å². The molecule has 3 nitrogen and oxygen atoms in total. The van der Waals surface area contributed by atoms with E-state index in [9.17, 15) is 0 Å². The minimum Gasteiger partial charge on any atom is -0.224 e. The lowest BCUT2D eigenvalue weighted by Gasteiger charge is -2.58. The van der Waals surface area contributed by atoms with Crippen molar-refractivity contribution in [1.29, 1.82) is 0 Å². The van der Waals surface area contributed by atoms with Gasteiger partial charge < -0.3 is 0 Å². The topological polar surface area (TPSA) is 18.5 Å². The molecule has 0 aromatic carbocycles. The average Bonchev–Trinajstić information content (AvgIpc) is 2.69. The van der Waals surface area contributed by atoms with Crippen LogP contribution < -0.4 is 5.53 Å². The van der Waals surface area contributed by atoms with Crippen LogP contribution in [0.3, 0.4) is 0 Å². The highest BCUT2D eigenvalue weighted by Gasteiger charge is 2.48. The van der Waals surface area contributed by atoms with E-state index in [1.807, 2.05) is 0 Å². The minimum absolute atomic E-state index is 0.352. The molecule has 1 aliphatic heterocycles. The Bertz CT molecular complexity index is 407. The SMILES string of the molecule is CC1(C2CN(C3(C)CCCCC3)NN(C3(C)CCCCC3)C2)CCCCC1. The Morgan fingerprint density at radius 2 is 0.926 bits per heavy atom. The first-order chi connectivity index (χ1) is 12.9. The van der Waals surface area contributed by atoms with E-state index in [1.165, 1.54) is 109 Å². The quantitative estimate of drug-likeness (QED) is 0.647. The molecular weight excluding hydrogens is 330 g/mol. The fourth-order valence-electron chi connectivity index (χ4n) is 6.78. The van der Waals surface area contributed by atoms with Gasteiger partial charge in [0.25, 0.3) is 0 Å². The summed E-state index contributed by atoms with van der Waals surface area (Å²) in [5.41, 5.74) is 5.28. The molecule has 156 valence electrons. The van der Waals surface area contributed by atoms with E-state index in [-0.39, 0.29) is 0 Å². The highest BCUT2D eigenvalue weighted by molar-refractivity contribution is 4.98. The molecule has 0 aromatic rings. The summed E-state index contributed by atoms with van der Waals surface area (Å²) in [6.45, 7) is 10.3. The molecule has 0 unspecified atom stereocenters. The molecule has 0 radical (unpaired) electrons. The first-order valence-electron chi connectivity index (χ1n) is 12.3. The number of nitrogens with one attached hydrogen (secondary N) is 1. The third kappa shape index (κ3) is 4.12. The molecule has 0 spiro atoms. The Morgan fingerprint density at radius 3 is 1.33 bits per heavy atom. The number of nitrogens with zero attached hydrogens (tertiary/aromatic N) is 2. The van der Waals surface area contributed by atoms with Gasteiger partial charge in [-0.25, -0.2) is 10.0 Å². The molecule has 0 amide bonds. The van der Waals surface area contributed by atoms with Crippen molar-refractivity contribution in [2.75, 3.05) is 13.1 Å². The molecule has 4 rings (SSSR count). The first-order valence-corrected chi connectivity index (χ1v) is 12.3. The molecule has 3 aliphatic carbocycles. The predicted molar refractivity (Wildman–Crippen MR) is 114 cm³/mol. The third-order valence-corrected chi connectivity index (χ3v) is 9.19. The largest absolute Gasteiger partial charge is 0.224 e. The van der Waals surface area contributed by atoms with Crippen LogP contribution in [0.2, 0.25) is 0 Å². The zero-order chi connectivity index (χ0) is 19.0. The highest BCUT2D eigenvalue weighted by Crippen LogP contribution is 2.47. The Morgan fingerprint density at radius 1 is 0.556 bits per heavy atom. The molecule has 3 saturated carbocycles. The number of hydrogen-bond acceptors (Lipinski definition) is 3. The van der Waals surface area contributed by atoms with Crippen molar-refractivity contribution in [2.24, 2.45) is 11.3 Å². The van der Waals surface area contributed by atoms with Gasteiger partial charge in [-0.1, -0.05) is 64.7 Å². The van der Waals surface area contributed by atoms with Gasteiger partial charge >= 0.3 is 0 Å². The fraction of sp³-hybridized carbons (Fsp3) is 1.00. The lowest BCUT2D eigenvalue weighted by Crippen LogP contribution is -2.71. The highest BCUT2D eigenvalue weighted by atomic mass is 15.8. The van der Waals surface area contributed by atoms with Crippen molar-refractivity contribution >= 4 is 0 Å². The lowest BCUT2D eigenvalue weighted by molar-refractivity contribution is -0.174. The third-order valence-electron chi connectivity index (χ3n) is 9.19. The minimum atomic E-state index is 0.352. The summed E-state index contributed by atoms with van der Waals surface area (Å²) in [6, 6.07) is 0. The second-order valence-corrected chi connectivity index (χ2v) is 11.3. The summed E-state index contributed by atoms with van der Waals surface area (Å²) >= 11 is 0. The zero-order valence-corrected chi connectivity index (χ0v) is 18.5. The molecule has 1 heterocycles. The van der Waals surface area contributed by atoms with Crippen molar-refractivity contribution in [3.63, 3.8) is 0 Å². The van der Waals surface area contributed by atoms with Gasteiger partial charge in [0.15, 0.2) is 0 Å². The van der Waals surface area contributed by atoms with E-state index in [2.05, 4.69) is 36.3 Å². The molecule has 0 bridgehead atoms. The van der Waals surface area contributed by atoms with E-state index in [0.29, 0.717) is 16.5 Å². The standard InChI is InChI=1S/C24H45N3/c1-22(13-7-4-8-14-22)21-19-26(23(2)15-9-5-10-16-23)25-27(20-21)24(3)17-11-6-12-18-24/h21,25H,4-20H2,1-3H3. The van der Waals surface area contributed by atoms with Crippen molar-refractivity contribution in [3.8, 4) is 0 Å². The summed E-state index contributed by atoms with van der Waals surface area (Å²) < 4.78 is 0. The van der Waals surface area contributed by atoms with Crippen LogP contribution >= 0.6 is 0 Å². The summed E-state index contributed by atoms with van der Waals surface area (Å²) in [5, 5.41) is 5.47. The fourth-order valence-corrected chi connectivity index (χ4v) is 6.78. The molecule has 4 aliphatic rings. The summed E-state index contributed by atoms with van der Waals surface area (Å²) in [7, 11) is 0. The Kier molecular flexibility index (Phi) is 5.94. The zero-order valence-electron chi connectivity index (χ0n) is 18.5. The smallest absolute Gasteiger partial charge is 0.0339 e. The molecule has 1 saturated heterocycles. The van der Waals surface area contributed by atoms with Crippen LogP contribution in [0.25, 0.3) is 0 Å². The van der Waals surface area contributed by atoms with Gasteiger partial charge in [0.05, 0.1) is 0 Å². The van der Waals surface area contributed by atoms with Crippen molar-refractivity contribution in [3.05, 3.63) is 0 Å². The van der Waals surface area contributed by atoms with Gasteiger partial charge in [-0.05, 0) is 63.7 Å². The molecule has 1 N–H and O–H groups in total. The number of hydrogen-bond donors (Lipinski definition) is 1. The lowest BCUT2D eigenvalue weighted by atomic mass is 9.66. The average molecular weight is 376 g/mol. The summed E-state index contributed by atoms with van der Waals surface area (Å²) in [6.07, 6.45) is 21.3. The Hall–Kier alpha value is -0.120. The van der Waals surface area contributed by atoms with Crippen LogP contribution in [0.5, 0.6) is 0 Å². The monoisotopic (exact) mass is 375 g/mol. The van der Waals surface area contributed by atoms with Crippen LogP contribution in [0.4, 0.5) is 0 Å². The van der Waals surface area contributed by atoms with Gasteiger partial charge in [0.2, 0.25) is 0 Å². The maximum Gasteiger partial charge on any atom is 0.0339 e. The number of rotatable bonds is 3. The van der Waals surface area contributed by atoms with E-state index in [4.69, 9.17) is 0 Å². The maximum atomic E-state index is 4.03. The number of hydrazine groups is 2. The van der Waals surface area contributed by atoms with Gasteiger partial charge in [0, 0.05) is 24.2 Å². The maximum absolute atomic E-state index is 4.03. The molecule has 27 heavy (non-hydrogen) atoms. The normalized spacial score (nSPS) is 33.0. The van der Waals surface area contributed by atoms with E-state index < -0.39 is 0 Å². The Balaban J connectivity index is 1.58. The summed E-state index contributed by atoms with van der Waals surface area (Å²) in [4.78, 5) is 0. The Labute approximate surface area is 168 Å².